The smallest absolute Gasteiger partial charge is 0.337 e. The lowest BCUT2D eigenvalue weighted by molar-refractivity contribution is -0.121. The molecule has 0 atom stereocenters. The first kappa shape index (κ1) is 15.7. The van der Waals surface area contributed by atoms with Gasteiger partial charge in [0.1, 0.15) is 0 Å². The van der Waals surface area contributed by atoms with E-state index in [0.717, 1.165) is 11.1 Å². The Morgan fingerprint density at radius 1 is 1.14 bits per heavy atom. The summed E-state index contributed by atoms with van der Waals surface area (Å²) in [5.74, 6) is -0.382. The highest BCUT2D eigenvalue weighted by Crippen LogP contribution is 2.06. The molecule has 1 aromatic heterocycles. The molecular weight excluding hydrogens is 280 g/mol. The number of nitrogens with one attached hydrogen (secondary N) is 1. The molecule has 0 aliphatic rings. The lowest BCUT2D eigenvalue weighted by Gasteiger charge is -2.06. The summed E-state index contributed by atoms with van der Waals surface area (Å²) in [6, 6.07) is 10.8. The van der Waals surface area contributed by atoms with Crippen molar-refractivity contribution in [3.05, 3.63) is 65.5 Å². The largest absolute Gasteiger partial charge is 0.465 e. The van der Waals surface area contributed by atoms with Gasteiger partial charge in [0.05, 0.1) is 12.7 Å². The van der Waals surface area contributed by atoms with Gasteiger partial charge in [-0.2, -0.15) is 0 Å². The lowest BCUT2D eigenvalue weighted by Crippen LogP contribution is -2.23. The Balaban J connectivity index is 1.77. The van der Waals surface area contributed by atoms with Crippen molar-refractivity contribution < 1.29 is 14.3 Å². The van der Waals surface area contributed by atoms with Gasteiger partial charge >= 0.3 is 5.97 Å². The summed E-state index contributed by atoms with van der Waals surface area (Å²) in [5, 5.41) is 2.86. The van der Waals surface area contributed by atoms with Crippen molar-refractivity contribution >= 4 is 11.9 Å². The number of aromatic nitrogens is 1. The highest BCUT2D eigenvalue weighted by atomic mass is 16.5. The van der Waals surface area contributed by atoms with Crippen LogP contribution in [0.1, 0.15) is 27.9 Å². The fraction of sp³-hybridized carbons (Fsp3) is 0.235. The van der Waals surface area contributed by atoms with E-state index in [-0.39, 0.29) is 11.9 Å². The molecule has 0 bridgehead atoms. The molecule has 5 nitrogen and oxygen atoms in total. The summed E-state index contributed by atoms with van der Waals surface area (Å²) in [6.07, 6.45) is 4.56. The molecule has 1 heterocycles. The zero-order chi connectivity index (χ0) is 15.8. The number of aryl methyl sites for hydroxylation is 1. The molecule has 2 aromatic rings. The number of methoxy groups -OCH3 is 1. The van der Waals surface area contributed by atoms with Crippen LogP contribution in [0.3, 0.4) is 0 Å². The van der Waals surface area contributed by atoms with E-state index >= 15 is 0 Å². The van der Waals surface area contributed by atoms with Gasteiger partial charge in [0.25, 0.3) is 0 Å². The first-order chi connectivity index (χ1) is 10.7. The Kier molecular flexibility index (Phi) is 5.65. The van der Waals surface area contributed by atoms with Crippen LogP contribution in [0, 0.1) is 0 Å². The van der Waals surface area contributed by atoms with Crippen LogP contribution in [0.5, 0.6) is 0 Å². The number of amides is 1. The third kappa shape index (κ3) is 4.70. The molecule has 1 amide bonds. The predicted octanol–water partition coefficient (Wildman–Crippen LogP) is 2.12. The molecule has 114 valence electrons. The second kappa shape index (κ2) is 7.93. The van der Waals surface area contributed by atoms with Gasteiger partial charge in [-0.25, -0.2) is 4.79 Å². The number of benzene rings is 1. The number of pyridine rings is 1. The fourth-order valence-corrected chi connectivity index (χ4v) is 1.97. The Bertz CT molecular complexity index is 624. The lowest BCUT2D eigenvalue weighted by atomic mass is 10.1. The van der Waals surface area contributed by atoms with E-state index < -0.39 is 0 Å². The third-order valence-corrected chi connectivity index (χ3v) is 3.23. The molecule has 1 aromatic carbocycles. The number of nitrogens with zero attached hydrogens (tertiary/aromatic N) is 1. The maximum absolute atomic E-state index is 11.8. The van der Waals surface area contributed by atoms with Crippen molar-refractivity contribution in [1.82, 2.24) is 10.3 Å². The monoisotopic (exact) mass is 298 g/mol. The van der Waals surface area contributed by atoms with Crippen LogP contribution in [0.25, 0.3) is 0 Å². The third-order valence-electron chi connectivity index (χ3n) is 3.23. The van der Waals surface area contributed by atoms with Gasteiger partial charge in [-0.1, -0.05) is 18.2 Å². The maximum atomic E-state index is 11.8. The van der Waals surface area contributed by atoms with Crippen LogP contribution in [0.15, 0.2) is 48.8 Å². The Morgan fingerprint density at radius 3 is 2.55 bits per heavy atom. The maximum Gasteiger partial charge on any atom is 0.337 e. The second-order valence-electron chi connectivity index (χ2n) is 4.83. The normalized spacial score (nSPS) is 10.0. The molecule has 0 aliphatic carbocycles. The Hall–Kier alpha value is -2.69. The van der Waals surface area contributed by atoms with Crippen molar-refractivity contribution in [3.8, 4) is 0 Å². The van der Waals surface area contributed by atoms with Crippen LogP contribution in [0.4, 0.5) is 0 Å². The van der Waals surface area contributed by atoms with Crippen molar-refractivity contribution in [2.45, 2.75) is 19.4 Å². The van der Waals surface area contributed by atoms with Crippen molar-refractivity contribution in [1.29, 1.82) is 0 Å². The average molecular weight is 298 g/mol. The van der Waals surface area contributed by atoms with Gasteiger partial charge in [0.15, 0.2) is 0 Å². The molecular formula is C17H18N2O3. The first-order valence-corrected chi connectivity index (χ1v) is 7.02. The molecule has 0 fully saturated rings. The topological polar surface area (TPSA) is 68.3 Å². The van der Waals surface area contributed by atoms with Crippen molar-refractivity contribution in [2.75, 3.05) is 7.11 Å². The summed E-state index contributed by atoms with van der Waals surface area (Å²) in [5.41, 5.74) is 2.47. The number of esters is 1. The SMILES string of the molecule is COC(=O)c1ccc(CNC(=O)CCc2cccnc2)cc1. The molecule has 0 saturated heterocycles. The Morgan fingerprint density at radius 2 is 1.91 bits per heavy atom. The van der Waals surface area contributed by atoms with Crippen LogP contribution in [0.2, 0.25) is 0 Å². The van der Waals surface area contributed by atoms with E-state index in [0.29, 0.717) is 24.9 Å². The summed E-state index contributed by atoms with van der Waals surface area (Å²) in [4.78, 5) is 27.1. The highest BCUT2D eigenvalue weighted by molar-refractivity contribution is 5.89. The molecule has 0 spiro atoms. The molecule has 0 radical (unpaired) electrons. The van der Waals surface area contributed by atoms with E-state index in [1.807, 2.05) is 12.1 Å². The molecule has 2 rings (SSSR count). The minimum atomic E-state index is -0.368. The standard InChI is InChI=1S/C17H18N2O3/c1-22-17(21)15-7-4-14(5-8-15)12-19-16(20)9-6-13-3-2-10-18-11-13/h2-5,7-8,10-11H,6,9,12H2,1H3,(H,19,20). The van der Waals surface area contributed by atoms with Gasteiger partial charge in [0, 0.05) is 25.4 Å². The average Bonchev–Trinajstić information content (AvgIpc) is 2.58. The van der Waals surface area contributed by atoms with Crippen molar-refractivity contribution in [2.24, 2.45) is 0 Å². The van der Waals surface area contributed by atoms with Crippen molar-refractivity contribution in [3.63, 3.8) is 0 Å². The number of ether oxygens (including phenoxy) is 1. The Labute approximate surface area is 129 Å². The van der Waals surface area contributed by atoms with E-state index in [1.54, 1.807) is 36.7 Å². The summed E-state index contributed by atoms with van der Waals surface area (Å²) in [6.45, 7) is 0.438. The summed E-state index contributed by atoms with van der Waals surface area (Å²) < 4.78 is 4.63. The van der Waals surface area contributed by atoms with Crippen LogP contribution in [-0.2, 0) is 22.5 Å². The molecule has 0 saturated carbocycles. The highest BCUT2D eigenvalue weighted by Gasteiger charge is 2.05. The summed E-state index contributed by atoms with van der Waals surface area (Å²) in [7, 11) is 1.35. The minimum absolute atomic E-state index is 0.0131. The molecule has 1 N–H and O–H groups in total. The summed E-state index contributed by atoms with van der Waals surface area (Å²) >= 11 is 0. The zero-order valence-corrected chi connectivity index (χ0v) is 12.4. The van der Waals surface area contributed by atoms with E-state index in [9.17, 15) is 9.59 Å². The van der Waals surface area contributed by atoms with Crippen LogP contribution in [-0.4, -0.2) is 24.0 Å². The van der Waals surface area contributed by atoms with Gasteiger partial charge in [-0.3, -0.25) is 9.78 Å². The molecule has 5 heteroatoms. The molecule has 22 heavy (non-hydrogen) atoms. The number of hydrogen-bond donors (Lipinski definition) is 1. The second-order valence-corrected chi connectivity index (χ2v) is 4.83. The first-order valence-electron chi connectivity index (χ1n) is 7.02. The van der Waals surface area contributed by atoms with Crippen LogP contribution >= 0.6 is 0 Å². The zero-order valence-electron chi connectivity index (χ0n) is 12.4. The predicted molar refractivity (Wildman–Crippen MR) is 82.2 cm³/mol. The van der Waals surface area contributed by atoms with Gasteiger partial charge in [0.2, 0.25) is 5.91 Å². The number of hydrogen-bond acceptors (Lipinski definition) is 4. The van der Waals surface area contributed by atoms with E-state index in [2.05, 4.69) is 15.0 Å². The van der Waals surface area contributed by atoms with Crippen LogP contribution < -0.4 is 5.32 Å². The van der Waals surface area contributed by atoms with Gasteiger partial charge in [-0.15, -0.1) is 0 Å². The minimum Gasteiger partial charge on any atom is -0.465 e. The molecule has 0 unspecified atom stereocenters. The molecule has 0 aliphatic heterocycles. The van der Waals surface area contributed by atoms with E-state index in [1.165, 1.54) is 7.11 Å². The van der Waals surface area contributed by atoms with Gasteiger partial charge in [-0.05, 0) is 35.7 Å². The van der Waals surface area contributed by atoms with E-state index in [4.69, 9.17) is 0 Å². The quantitative estimate of drug-likeness (QED) is 0.829. The number of carbonyl (C=O) groups excluding carboxylic acids is 2. The number of rotatable bonds is 6. The number of carbonyl (C=O) groups is 2. The fourth-order valence-electron chi connectivity index (χ4n) is 1.97. The van der Waals surface area contributed by atoms with Gasteiger partial charge < -0.3 is 10.1 Å².